The molecule has 1 nitrogen and oxygen atoms in total. The van der Waals surface area contributed by atoms with Crippen molar-refractivity contribution in [2.75, 3.05) is 6.54 Å². The van der Waals surface area contributed by atoms with E-state index in [1.807, 2.05) is 13.0 Å². The molecule has 78 valence electrons. The van der Waals surface area contributed by atoms with Crippen molar-refractivity contribution >= 4 is 0 Å². The maximum atomic E-state index is 13.0. The fourth-order valence-corrected chi connectivity index (χ4v) is 1.25. The zero-order chi connectivity index (χ0) is 10.8. The normalized spacial score (nSPS) is 14.1. The Balaban J connectivity index is 3.01. The maximum Gasteiger partial charge on any atom is 0.270 e. The molecule has 0 saturated carbocycles. The third-order valence-electron chi connectivity index (χ3n) is 2.32. The second-order valence-electron chi connectivity index (χ2n) is 3.65. The minimum atomic E-state index is -2.77. The van der Waals surface area contributed by atoms with E-state index >= 15 is 0 Å². The molecule has 0 amide bonds. The maximum absolute atomic E-state index is 13.0. The van der Waals surface area contributed by atoms with E-state index in [0.717, 1.165) is 12.5 Å². The van der Waals surface area contributed by atoms with Gasteiger partial charge in [0, 0.05) is 12.5 Å². The van der Waals surface area contributed by atoms with Crippen molar-refractivity contribution in [1.29, 1.82) is 0 Å². The van der Waals surface area contributed by atoms with Crippen molar-refractivity contribution in [3.8, 4) is 0 Å². The summed E-state index contributed by atoms with van der Waals surface area (Å²) in [6, 6.07) is 6.44. The van der Waals surface area contributed by atoms with Crippen LogP contribution in [0.15, 0.2) is 24.3 Å². The predicted molar refractivity (Wildman–Crippen MR) is 53.5 cm³/mol. The Morgan fingerprint density at radius 2 is 2.07 bits per heavy atom. The molecule has 2 N–H and O–H groups in total. The van der Waals surface area contributed by atoms with Gasteiger partial charge in [-0.1, -0.05) is 25.1 Å². The Morgan fingerprint density at radius 3 is 2.57 bits per heavy atom. The predicted octanol–water partition coefficient (Wildman–Crippen LogP) is 2.86. The summed E-state index contributed by atoms with van der Waals surface area (Å²) in [7, 11) is 0. The van der Waals surface area contributed by atoms with E-state index in [1.54, 1.807) is 6.07 Å². The van der Waals surface area contributed by atoms with Crippen molar-refractivity contribution < 1.29 is 8.78 Å². The Morgan fingerprint density at radius 1 is 1.43 bits per heavy atom. The first-order valence-corrected chi connectivity index (χ1v) is 4.63. The Hall–Kier alpha value is -0.960. The molecule has 1 rings (SSSR count). The third kappa shape index (κ3) is 2.51. The first-order valence-electron chi connectivity index (χ1n) is 4.63. The summed E-state index contributed by atoms with van der Waals surface area (Å²) in [6.07, 6.45) is 0. The zero-order valence-electron chi connectivity index (χ0n) is 8.43. The molecule has 0 spiro atoms. The van der Waals surface area contributed by atoms with Crippen LogP contribution in [0.1, 0.15) is 30.9 Å². The van der Waals surface area contributed by atoms with Gasteiger partial charge >= 0.3 is 0 Å². The summed E-state index contributed by atoms with van der Waals surface area (Å²) >= 11 is 0. The molecule has 3 heteroatoms. The number of hydrogen-bond donors (Lipinski definition) is 1. The van der Waals surface area contributed by atoms with Crippen molar-refractivity contribution in [2.24, 2.45) is 5.73 Å². The van der Waals surface area contributed by atoms with Crippen LogP contribution in [0.2, 0.25) is 0 Å². The van der Waals surface area contributed by atoms with Gasteiger partial charge in [-0.15, -0.1) is 0 Å². The molecular formula is C11H15F2N. The summed E-state index contributed by atoms with van der Waals surface area (Å²) in [4.78, 5) is 0. The summed E-state index contributed by atoms with van der Waals surface area (Å²) in [5.74, 6) is -2.65. The lowest BCUT2D eigenvalue weighted by atomic mass is 9.97. The molecule has 0 aliphatic heterocycles. The van der Waals surface area contributed by atoms with E-state index < -0.39 is 5.92 Å². The minimum Gasteiger partial charge on any atom is -0.330 e. The molecule has 0 radical (unpaired) electrons. The van der Waals surface area contributed by atoms with Crippen LogP contribution in [0.3, 0.4) is 0 Å². The molecule has 0 aromatic heterocycles. The van der Waals surface area contributed by atoms with Crippen LogP contribution in [0.4, 0.5) is 8.78 Å². The molecule has 14 heavy (non-hydrogen) atoms. The molecular weight excluding hydrogens is 184 g/mol. The van der Waals surface area contributed by atoms with Crippen LogP contribution in [-0.2, 0) is 5.92 Å². The first kappa shape index (κ1) is 11.1. The molecule has 1 atom stereocenters. The van der Waals surface area contributed by atoms with E-state index in [4.69, 9.17) is 5.73 Å². The van der Waals surface area contributed by atoms with Gasteiger partial charge in [0.25, 0.3) is 5.92 Å². The van der Waals surface area contributed by atoms with E-state index in [0.29, 0.717) is 6.54 Å². The molecule has 1 unspecified atom stereocenters. The molecule has 1 aromatic rings. The molecule has 0 bridgehead atoms. The second kappa shape index (κ2) is 4.05. The molecule has 0 aliphatic carbocycles. The lowest BCUT2D eigenvalue weighted by molar-refractivity contribution is 0.0174. The highest BCUT2D eigenvalue weighted by Gasteiger charge is 2.24. The lowest BCUT2D eigenvalue weighted by Crippen LogP contribution is -2.11. The van der Waals surface area contributed by atoms with Crippen molar-refractivity contribution in [3.05, 3.63) is 35.4 Å². The van der Waals surface area contributed by atoms with E-state index in [-0.39, 0.29) is 11.5 Å². The van der Waals surface area contributed by atoms with Crippen molar-refractivity contribution in [1.82, 2.24) is 0 Å². The summed E-state index contributed by atoms with van der Waals surface area (Å²) < 4.78 is 25.9. The summed E-state index contributed by atoms with van der Waals surface area (Å²) in [5, 5.41) is 0. The first-order chi connectivity index (χ1) is 6.45. The van der Waals surface area contributed by atoms with Gasteiger partial charge in [0.15, 0.2) is 0 Å². The average Bonchev–Trinajstić information content (AvgIpc) is 2.15. The monoisotopic (exact) mass is 199 g/mol. The Kier molecular flexibility index (Phi) is 3.21. The number of nitrogens with two attached hydrogens (primary N) is 1. The van der Waals surface area contributed by atoms with Gasteiger partial charge in [-0.05, 0) is 24.1 Å². The number of benzene rings is 1. The number of rotatable bonds is 3. The van der Waals surface area contributed by atoms with Crippen LogP contribution in [-0.4, -0.2) is 6.54 Å². The van der Waals surface area contributed by atoms with Gasteiger partial charge in [0.05, 0.1) is 0 Å². The highest BCUT2D eigenvalue weighted by Crippen LogP contribution is 2.28. The van der Waals surface area contributed by atoms with E-state index in [1.165, 1.54) is 12.1 Å². The van der Waals surface area contributed by atoms with Gasteiger partial charge < -0.3 is 5.73 Å². The van der Waals surface area contributed by atoms with E-state index in [9.17, 15) is 8.78 Å². The SMILES string of the molecule is CC(CN)c1cccc(C(C)(F)F)c1. The van der Waals surface area contributed by atoms with Crippen molar-refractivity contribution in [3.63, 3.8) is 0 Å². The zero-order valence-corrected chi connectivity index (χ0v) is 8.43. The lowest BCUT2D eigenvalue weighted by Gasteiger charge is -2.14. The summed E-state index contributed by atoms with van der Waals surface area (Å²) in [6.45, 7) is 3.30. The van der Waals surface area contributed by atoms with Crippen LogP contribution in [0, 0.1) is 0 Å². The average molecular weight is 199 g/mol. The molecule has 0 fully saturated rings. The van der Waals surface area contributed by atoms with Crippen LogP contribution >= 0.6 is 0 Å². The third-order valence-corrected chi connectivity index (χ3v) is 2.32. The van der Waals surface area contributed by atoms with Gasteiger partial charge in [0.1, 0.15) is 0 Å². The van der Waals surface area contributed by atoms with E-state index in [2.05, 4.69) is 0 Å². The van der Waals surface area contributed by atoms with Crippen LogP contribution in [0.5, 0.6) is 0 Å². The largest absolute Gasteiger partial charge is 0.330 e. The fraction of sp³-hybridized carbons (Fsp3) is 0.455. The van der Waals surface area contributed by atoms with Gasteiger partial charge in [-0.2, -0.15) is 0 Å². The fourth-order valence-electron chi connectivity index (χ4n) is 1.25. The smallest absolute Gasteiger partial charge is 0.270 e. The standard InChI is InChI=1S/C11H15F2N/c1-8(7-14)9-4-3-5-10(6-9)11(2,12)13/h3-6,8H,7,14H2,1-2H3. The Labute approximate surface area is 82.9 Å². The van der Waals surface area contributed by atoms with Gasteiger partial charge in [-0.25, -0.2) is 8.78 Å². The number of halogens is 2. The molecule has 0 aliphatic rings. The number of alkyl halides is 2. The molecule has 0 heterocycles. The molecule has 0 saturated heterocycles. The van der Waals surface area contributed by atoms with Crippen LogP contribution in [0.25, 0.3) is 0 Å². The quantitative estimate of drug-likeness (QED) is 0.795. The highest BCUT2D eigenvalue weighted by atomic mass is 19.3. The van der Waals surface area contributed by atoms with Crippen molar-refractivity contribution in [2.45, 2.75) is 25.7 Å². The topological polar surface area (TPSA) is 26.0 Å². The molecule has 1 aromatic carbocycles. The van der Waals surface area contributed by atoms with Crippen LogP contribution < -0.4 is 5.73 Å². The highest BCUT2D eigenvalue weighted by molar-refractivity contribution is 5.28. The minimum absolute atomic E-state index is 0.0512. The van der Waals surface area contributed by atoms with Gasteiger partial charge in [-0.3, -0.25) is 0 Å². The number of hydrogen-bond acceptors (Lipinski definition) is 1. The summed E-state index contributed by atoms with van der Waals surface area (Å²) in [5.41, 5.74) is 6.39. The Bertz CT molecular complexity index is 304. The van der Waals surface area contributed by atoms with Gasteiger partial charge in [0.2, 0.25) is 0 Å². The second-order valence-corrected chi connectivity index (χ2v) is 3.65.